The lowest BCUT2D eigenvalue weighted by atomic mass is 10.0. The normalized spacial score (nSPS) is 21.9. The maximum Gasteiger partial charge on any atom is 0.317 e. The zero-order valence-electron chi connectivity index (χ0n) is 11.3. The van der Waals surface area contributed by atoms with Crippen LogP contribution in [-0.4, -0.2) is 41.8 Å². The Morgan fingerprint density at radius 3 is 2.65 bits per heavy atom. The van der Waals surface area contributed by atoms with Gasteiger partial charge in [0.2, 0.25) is 0 Å². The second kappa shape index (κ2) is 6.84. The van der Waals surface area contributed by atoms with Crippen molar-refractivity contribution in [2.24, 2.45) is 11.8 Å². The highest BCUT2D eigenvalue weighted by Crippen LogP contribution is 2.15. The van der Waals surface area contributed by atoms with E-state index < -0.39 is 0 Å². The van der Waals surface area contributed by atoms with Gasteiger partial charge in [-0.1, -0.05) is 13.8 Å². The summed E-state index contributed by atoms with van der Waals surface area (Å²) in [5, 5.41) is 12.1. The molecule has 4 heteroatoms. The Bertz CT molecular complexity index is 244. The quantitative estimate of drug-likeness (QED) is 0.773. The summed E-state index contributed by atoms with van der Waals surface area (Å²) in [5.74, 6) is 0.951. The van der Waals surface area contributed by atoms with Crippen molar-refractivity contribution in [1.82, 2.24) is 10.2 Å². The van der Waals surface area contributed by atoms with Crippen LogP contribution in [0.15, 0.2) is 0 Å². The number of amides is 2. The molecule has 1 aliphatic heterocycles. The van der Waals surface area contributed by atoms with Crippen LogP contribution in [0.25, 0.3) is 0 Å². The standard InChI is InChI=1S/C13H26N2O2/c1-10(2)4-5-11(3)14-13(17)15-7-6-12(8-15)9-16/h10-12,16H,4-9H2,1-3H3,(H,14,17). The lowest BCUT2D eigenvalue weighted by Crippen LogP contribution is -2.43. The van der Waals surface area contributed by atoms with Gasteiger partial charge in [0.1, 0.15) is 0 Å². The summed E-state index contributed by atoms with van der Waals surface area (Å²) in [6.45, 7) is 8.10. The third kappa shape index (κ3) is 4.94. The van der Waals surface area contributed by atoms with E-state index in [1.807, 2.05) is 4.90 Å². The molecular weight excluding hydrogens is 216 g/mol. The summed E-state index contributed by atoms with van der Waals surface area (Å²) < 4.78 is 0. The van der Waals surface area contributed by atoms with Crippen LogP contribution in [0.5, 0.6) is 0 Å². The summed E-state index contributed by atoms with van der Waals surface area (Å²) >= 11 is 0. The lowest BCUT2D eigenvalue weighted by molar-refractivity contribution is 0.194. The molecule has 0 radical (unpaired) electrons. The number of carbonyl (C=O) groups excluding carboxylic acids is 1. The van der Waals surface area contributed by atoms with Crippen molar-refractivity contribution in [3.63, 3.8) is 0 Å². The Morgan fingerprint density at radius 2 is 2.12 bits per heavy atom. The fourth-order valence-electron chi connectivity index (χ4n) is 2.12. The molecule has 1 heterocycles. The Labute approximate surface area is 104 Å². The molecule has 0 aromatic carbocycles. The SMILES string of the molecule is CC(C)CCC(C)NC(=O)N1CCC(CO)C1. The molecule has 1 aliphatic rings. The van der Waals surface area contributed by atoms with Crippen molar-refractivity contribution in [2.45, 2.75) is 46.1 Å². The summed E-state index contributed by atoms with van der Waals surface area (Å²) in [5.41, 5.74) is 0. The van der Waals surface area contributed by atoms with Crippen molar-refractivity contribution in [3.8, 4) is 0 Å². The molecule has 0 spiro atoms. The van der Waals surface area contributed by atoms with Gasteiger partial charge in [-0.2, -0.15) is 0 Å². The molecule has 4 nitrogen and oxygen atoms in total. The number of hydrogen-bond acceptors (Lipinski definition) is 2. The summed E-state index contributed by atoms with van der Waals surface area (Å²) in [4.78, 5) is 13.7. The zero-order chi connectivity index (χ0) is 12.8. The number of hydrogen-bond donors (Lipinski definition) is 2. The lowest BCUT2D eigenvalue weighted by Gasteiger charge is -2.21. The van der Waals surface area contributed by atoms with Gasteiger partial charge in [-0.3, -0.25) is 0 Å². The van der Waals surface area contributed by atoms with Gasteiger partial charge < -0.3 is 15.3 Å². The van der Waals surface area contributed by atoms with Crippen LogP contribution in [0, 0.1) is 11.8 Å². The molecule has 0 bridgehead atoms. The number of likely N-dealkylation sites (tertiary alicyclic amines) is 1. The van der Waals surface area contributed by atoms with Crippen molar-refractivity contribution in [1.29, 1.82) is 0 Å². The van der Waals surface area contributed by atoms with Crippen LogP contribution >= 0.6 is 0 Å². The molecule has 1 saturated heterocycles. The highest BCUT2D eigenvalue weighted by Gasteiger charge is 2.26. The monoisotopic (exact) mass is 242 g/mol. The highest BCUT2D eigenvalue weighted by molar-refractivity contribution is 5.74. The molecule has 17 heavy (non-hydrogen) atoms. The minimum absolute atomic E-state index is 0.0252. The van der Waals surface area contributed by atoms with Crippen molar-refractivity contribution >= 4 is 6.03 Å². The molecule has 2 amide bonds. The molecular formula is C13H26N2O2. The van der Waals surface area contributed by atoms with E-state index in [1.165, 1.54) is 0 Å². The van der Waals surface area contributed by atoms with E-state index in [0.29, 0.717) is 12.5 Å². The van der Waals surface area contributed by atoms with Gasteiger partial charge in [-0.15, -0.1) is 0 Å². The topological polar surface area (TPSA) is 52.6 Å². The van der Waals surface area contributed by atoms with Crippen molar-refractivity contribution in [3.05, 3.63) is 0 Å². The number of carbonyl (C=O) groups is 1. The molecule has 2 N–H and O–H groups in total. The van der Waals surface area contributed by atoms with Gasteiger partial charge in [0.15, 0.2) is 0 Å². The number of aliphatic hydroxyl groups excluding tert-OH is 1. The van der Waals surface area contributed by atoms with Crippen LogP contribution in [0.4, 0.5) is 4.79 Å². The molecule has 1 rings (SSSR count). The third-order valence-electron chi connectivity index (χ3n) is 3.38. The van der Waals surface area contributed by atoms with Gasteiger partial charge in [0.05, 0.1) is 0 Å². The van der Waals surface area contributed by atoms with E-state index in [2.05, 4.69) is 26.1 Å². The molecule has 1 fully saturated rings. The number of urea groups is 1. The average molecular weight is 242 g/mol. The van der Waals surface area contributed by atoms with Crippen LogP contribution < -0.4 is 5.32 Å². The van der Waals surface area contributed by atoms with E-state index >= 15 is 0 Å². The highest BCUT2D eigenvalue weighted by atomic mass is 16.3. The first kappa shape index (κ1) is 14.3. The second-order valence-electron chi connectivity index (χ2n) is 5.61. The van der Waals surface area contributed by atoms with E-state index in [1.54, 1.807) is 0 Å². The van der Waals surface area contributed by atoms with E-state index in [0.717, 1.165) is 25.8 Å². The van der Waals surface area contributed by atoms with Crippen LogP contribution in [0.1, 0.15) is 40.0 Å². The van der Waals surface area contributed by atoms with Crippen LogP contribution in [0.3, 0.4) is 0 Å². The predicted octanol–water partition coefficient (Wildman–Crippen LogP) is 1.83. The Balaban J connectivity index is 2.24. The number of aliphatic hydroxyl groups is 1. The first-order valence-corrected chi connectivity index (χ1v) is 6.69. The van der Waals surface area contributed by atoms with E-state index in [9.17, 15) is 4.79 Å². The fraction of sp³-hybridized carbons (Fsp3) is 0.923. The second-order valence-corrected chi connectivity index (χ2v) is 5.61. The van der Waals surface area contributed by atoms with Crippen molar-refractivity contribution < 1.29 is 9.90 Å². The van der Waals surface area contributed by atoms with Gasteiger partial charge in [0.25, 0.3) is 0 Å². The molecule has 0 saturated carbocycles. The largest absolute Gasteiger partial charge is 0.396 e. The van der Waals surface area contributed by atoms with Gasteiger partial charge in [0, 0.05) is 31.7 Å². The first-order chi connectivity index (χ1) is 8.02. The van der Waals surface area contributed by atoms with Gasteiger partial charge >= 0.3 is 6.03 Å². The summed E-state index contributed by atoms with van der Waals surface area (Å²) in [6.07, 6.45) is 3.09. The fourth-order valence-corrected chi connectivity index (χ4v) is 2.12. The summed E-state index contributed by atoms with van der Waals surface area (Å²) in [7, 11) is 0. The zero-order valence-corrected chi connectivity index (χ0v) is 11.3. The number of nitrogens with zero attached hydrogens (tertiary/aromatic N) is 1. The maximum absolute atomic E-state index is 11.9. The third-order valence-corrected chi connectivity index (χ3v) is 3.38. The van der Waals surface area contributed by atoms with Gasteiger partial charge in [-0.05, 0) is 32.1 Å². The smallest absolute Gasteiger partial charge is 0.317 e. The maximum atomic E-state index is 11.9. The molecule has 0 aliphatic carbocycles. The average Bonchev–Trinajstić information content (AvgIpc) is 2.74. The van der Waals surface area contributed by atoms with E-state index in [-0.39, 0.29) is 24.6 Å². The number of nitrogens with one attached hydrogen (secondary N) is 1. The number of rotatable bonds is 5. The minimum Gasteiger partial charge on any atom is -0.396 e. The van der Waals surface area contributed by atoms with Crippen LogP contribution in [-0.2, 0) is 0 Å². The Hall–Kier alpha value is -0.770. The van der Waals surface area contributed by atoms with Crippen LogP contribution in [0.2, 0.25) is 0 Å². The molecule has 2 unspecified atom stereocenters. The predicted molar refractivity (Wildman–Crippen MR) is 68.8 cm³/mol. The molecule has 0 aromatic heterocycles. The molecule has 100 valence electrons. The molecule has 0 aromatic rings. The first-order valence-electron chi connectivity index (χ1n) is 6.69. The minimum atomic E-state index is 0.0252. The van der Waals surface area contributed by atoms with Gasteiger partial charge in [-0.25, -0.2) is 4.79 Å². The molecule has 2 atom stereocenters. The Morgan fingerprint density at radius 1 is 1.41 bits per heavy atom. The Kier molecular flexibility index (Phi) is 5.75. The van der Waals surface area contributed by atoms with Crippen molar-refractivity contribution in [2.75, 3.05) is 19.7 Å². The summed E-state index contributed by atoms with van der Waals surface area (Å²) in [6, 6.07) is 0.260. The van der Waals surface area contributed by atoms with E-state index in [4.69, 9.17) is 5.11 Å².